The lowest BCUT2D eigenvalue weighted by Gasteiger charge is -2.36. The maximum absolute atomic E-state index is 5.74. The summed E-state index contributed by atoms with van der Waals surface area (Å²) in [5.41, 5.74) is 1.53. The minimum atomic E-state index is -0.0198. The molecule has 2 nitrogen and oxygen atoms in total. The fraction of sp³-hybridized carbons (Fsp3) is 0.846. The Morgan fingerprint density at radius 1 is 1.33 bits per heavy atom. The summed E-state index contributed by atoms with van der Waals surface area (Å²) in [5.74, 6) is 0.441. The van der Waals surface area contributed by atoms with Crippen LogP contribution in [0.15, 0.2) is 11.6 Å². The summed E-state index contributed by atoms with van der Waals surface area (Å²) in [6.45, 7) is 12.4. The lowest BCUT2D eigenvalue weighted by Crippen LogP contribution is -2.40. The molecule has 1 saturated heterocycles. The molecular weight excluding hydrogens is 188 g/mol. The molecule has 0 aliphatic carbocycles. The van der Waals surface area contributed by atoms with E-state index in [1.54, 1.807) is 0 Å². The quantitative estimate of drug-likeness (QED) is 0.668. The molecular formula is C13H24O2. The average Bonchev–Trinajstić information content (AvgIpc) is 2.14. The Kier molecular flexibility index (Phi) is 4.35. The van der Waals surface area contributed by atoms with Gasteiger partial charge in [-0.3, -0.25) is 0 Å². The molecule has 1 heterocycles. The monoisotopic (exact) mass is 212 g/mol. The van der Waals surface area contributed by atoms with Crippen LogP contribution < -0.4 is 0 Å². The smallest absolute Gasteiger partial charge is 0.160 e. The fourth-order valence-corrected chi connectivity index (χ4v) is 1.57. The van der Waals surface area contributed by atoms with Crippen molar-refractivity contribution in [1.82, 2.24) is 0 Å². The van der Waals surface area contributed by atoms with Gasteiger partial charge in [0.1, 0.15) is 0 Å². The molecule has 0 N–H and O–H groups in total. The molecule has 0 saturated carbocycles. The van der Waals surface area contributed by atoms with E-state index in [0.29, 0.717) is 5.92 Å². The normalized spacial score (nSPS) is 23.5. The lowest BCUT2D eigenvalue weighted by molar-refractivity contribution is -0.240. The summed E-state index contributed by atoms with van der Waals surface area (Å²) in [6, 6.07) is 0. The van der Waals surface area contributed by atoms with Crippen molar-refractivity contribution in [2.24, 2.45) is 11.3 Å². The third-order valence-corrected chi connectivity index (χ3v) is 2.64. The largest absolute Gasteiger partial charge is 0.352 e. The van der Waals surface area contributed by atoms with Gasteiger partial charge in [-0.1, -0.05) is 32.4 Å². The van der Waals surface area contributed by atoms with Crippen LogP contribution in [0.4, 0.5) is 0 Å². The Morgan fingerprint density at radius 3 is 2.33 bits per heavy atom. The zero-order chi connectivity index (χ0) is 11.5. The molecule has 0 bridgehead atoms. The van der Waals surface area contributed by atoms with Crippen molar-refractivity contribution in [3.05, 3.63) is 11.6 Å². The highest BCUT2D eigenvalue weighted by molar-refractivity contribution is 4.94. The molecule has 0 aromatic carbocycles. The summed E-state index contributed by atoms with van der Waals surface area (Å²) in [5, 5.41) is 0. The minimum Gasteiger partial charge on any atom is -0.352 e. The van der Waals surface area contributed by atoms with Crippen LogP contribution in [0.5, 0.6) is 0 Å². The lowest BCUT2D eigenvalue weighted by atomic mass is 9.94. The average molecular weight is 212 g/mol. The molecule has 1 fully saturated rings. The maximum Gasteiger partial charge on any atom is 0.160 e. The van der Waals surface area contributed by atoms with E-state index in [2.05, 4.69) is 40.7 Å². The number of rotatable bonds is 3. The van der Waals surface area contributed by atoms with Gasteiger partial charge in [-0.05, 0) is 20.3 Å². The van der Waals surface area contributed by atoms with Gasteiger partial charge in [0.25, 0.3) is 0 Å². The van der Waals surface area contributed by atoms with E-state index in [0.717, 1.165) is 19.6 Å². The van der Waals surface area contributed by atoms with Gasteiger partial charge in [-0.25, -0.2) is 0 Å². The van der Waals surface area contributed by atoms with Crippen molar-refractivity contribution < 1.29 is 9.47 Å². The summed E-state index contributed by atoms with van der Waals surface area (Å²) in [7, 11) is 0. The first-order valence-electron chi connectivity index (χ1n) is 5.77. The van der Waals surface area contributed by atoms with Crippen LogP contribution in [0, 0.1) is 11.3 Å². The van der Waals surface area contributed by atoms with Crippen LogP contribution in [0.3, 0.4) is 0 Å². The molecule has 1 aliphatic rings. The number of allylic oxidation sites excluding steroid dienone is 2. The Hall–Kier alpha value is -0.340. The summed E-state index contributed by atoms with van der Waals surface area (Å²) >= 11 is 0. The topological polar surface area (TPSA) is 18.5 Å². The van der Waals surface area contributed by atoms with Gasteiger partial charge < -0.3 is 9.47 Å². The highest BCUT2D eigenvalue weighted by Crippen LogP contribution is 2.27. The second-order valence-electron chi connectivity index (χ2n) is 5.65. The predicted molar refractivity (Wildman–Crippen MR) is 62.7 cm³/mol. The number of hydrogen-bond donors (Lipinski definition) is 0. The van der Waals surface area contributed by atoms with E-state index in [1.807, 2.05) is 0 Å². The second-order valence-corrected chi connectivity index (χ2v) is 5.65. The van der Waals surface area contributed by atoms with E-state index >= 15 is 0 Å². The van der Waals surface area contributed by atoms with Crippen LogP contribution in [0.25, 0.3) is 0 Å². The molecule has 15 heavy (non-hydrogen) atoms. The highest BCUT2D eigenvalue weighted by atomic mass is 16.7. The standard InChI is InChI=1S/C13H24O2/c1-10(2)6-7-11(3)12-14-8-13(4,5)9-15-12/h6,11-12H,7-9H2,1-5H3. The van der Waals surface area contributed by atoms with E-state index in [1.165, 1.54) is 5.57 Å². The Morgan fingerprint density at radius 2 is 1.87 bits per heavy atom. The molecule has 0 amide bonds. The number of hydrogen-bond acceptors (Lipinski definition) is 2. The molecule has 0 spiro atoms. The first-order chi connectivity index (χ1) is 6.91. The van der Waals surface area contributed by atoms with E-state index < -0.39 is 0 Å². The van der Waals surface area contributed by atoms with Crippen LogP contribution in [-0.2, 0) is 9.47 Å². The van der Waals surface area contributed by atoms with Crippen LogP contribution in [0.2, 0.25) is 0 Å². The Bertz CT molecular complexity index is 217. The van der Waals surface area contributed by atoms with Crippen molar-refractivity contribution in [3.63, 3.8) is 0 Å². The second kappa shape index (κ2) is 5.13. The van der Waals surface area contributed by atoms with Gasteiger partial charge in [0.15, 0.2) is 6.29 Å². The molecule has 1 atom stereocenters. The Balaban J connectivity index is 2.36. The van der Waals surface area contributed by atoms with Crippen molar-refractivity contribution in [2.45, 2.75) is 47.3 Å². The summed E-state index contributed by atoms with van der Waals surface area (Å²) in [6.07, 6.45) is 3.26. The van der Waals surface area contributed by atoms with Crippen molar-refractivity contribution in [3.8, 4) is 0 Å². The van der Waals surface area contributed by atoms with E-state index in [4.69, 9.17) is 9.47 Å². The zero-order valence-electron chi connectivity index (χ0n) is 10.7. The fourth-order valence-electron chi connectivity index (χ4n) is 1.57. The first-order valence-corrected chi connectivity index (χ1v) is 5.77. The van der Waals surface area contributed by atoms with Gasteiger partial charge in [0, 0.05) is 11.3 Å². The molecule has 1 unspecified atom stereocenters. The molecule has 0 radical (unpaired) electrons. The van der Waals surface area contributed by atoms with Gasteiger partial charge in [0.05, 0.1) is 13.2 Å². The predicted octanol–water partition coefficient (Wildman–Crippen LogP) is 3.38. The Labute approximate surface area is 93.7 Å². The summed E-state index contributed by atoms with van der Waals surface area (Å²) < 4.78 is 11.5. The number of ether oxygens (including phenoxy) is 2. The van der Waals surface area contributed by atoms with Crippen molar-refractivity contribution in [1.29, 1.82) is 0 Å². The SMILES string of the molecule is CC(C)=CCC(C)C1OCC(C)(C)CO1. The molecule has 1 rings (SSSR count). The highest BCUT2D eigenvalue weighted by Gasteiger charge is 2.30. The zero-order valence-corrected chi connectivity index (χ0v) is 10.7. The molecule has 0 aromatic rings. The maximum atomic E-state index is 5.74. The van der Waals surface area contributed by atoms with Gasteiger partial charge in [0.2, 0.25) is 0 Å². The van der Waals surface area contributed by atoms with Crippen LogP contribution >= 0.6 is 0 Å². The summed E-state index contributed by atoms with van der Waals surface area (Å²) in [4.78, 5) is 0. The first kappa shape index (κ1) is 12.7. The third-order valence-electron chi connectivity index (χ3n) is 2.64. The molecule has 88 valence electrons. The van der Waals surface area contributed by atoms with Crippen LogP contribution in [-0.4, -0.2) is 19.5 Å². The van der Waals surface area contributed by atoms with Gasteiger partial charge in [-0.15, -0.1) is 0 Å². The minimum absolute atomic E-state index is 0.0198. The third kappa shape index (κ3) is 4.35. The van der Waals surface area contributed by atoms with E-state index in [-0.39, 0.29) is 11.7 Å². The molecule has 2 heteroatoms. The van der Waals surface area contributed by atoms with Crippen molar-refractivity contribution in [2.75, 3.05) is 13.2 Å². The van der Waals surface area contributed by atoms with Crippen LogP contribution in [0.1, 0.15) is 41.0 Å². The van der Waals surface area contributed by atoms with Crippen molar-refractivity contribution >= 4 is 0 Å². The molecule has 1 aliphatic heterocycles. The van der Waals surface area contributed by atoms with E-state index in [9.17, 15) is 0 Å². The molecule has 0 aromatic heterocycles. The van der Waals surface area contributed by atoms with Gasteiger partial charge in [-0.2, -0.15) is 0 Å². The van der Waals surface area contributed by atoms with Gasteiger partial charge >= 0.3 is 0 Å².